The molecule has 0 radical (unpaired) electrons. The van der Waals surface area contributed by atoms with Gasteiger partial charge in [-0.3, -0.25) is 9.69 Å². The first-order chi connectivity index (χ1) is 14.2. The van der Waals surface area contributed by atoms with Gasteiger partial charge in [0.25, 0.3) is 5.91 Å². The van der Waals surface area contributed by atoms with E-state index in [1.54, 1.807) is 0 Å². The van der Waals surface area contributed by atoms with Gasteiger partial charge in [-0.15, -0.1) is 11.8 Å². The van der Waals surface area contributed by atoms with E-state index in [9.17, 15) is 4.79 Å². The van der Waals surface area contributed by atoms with Gasteiger partial charge in [-0.2, -0.15) is 4.99 Å². The number of carbonyl (C=O) groups is 1. The summed E-state index contributed by atoms with van der Waals surface area (Å²) in [6.07, 6.45) is 6.80. The first-order valence-electron chi connectivity index (χ1n) is 10.8. The smallest absolute Gasteiger partial charge is 0.268 e. The van der Waals surface area contributed by atoms with Gasteiger partial charge >= 0.3 is 0 Å². The molecule has 29 heavy (non-hydrogen) atoms. The fourth-order valence-electron chi connectivity index (χ4n) is 4.89. The number of aliphatic imine (C=N–C) groups is 2. The van der Waals surface area contributed by atoms with Crippen LogP contribution in [0, 0.1) is 6.92 Å². The van der Waals surface area contributed by atoms with Crippen molar-refractivity contribution in [1.82, 2.24) is 9.80 Å². The van der Waals surface area contributed by atoms with Crippen molar-refractivity contribution in [3.63, 3.8) is 0 Å². The molecule has 1 atom stereocenters. The number of fused-ring (bicyclic) bond motifs is 1. The van der Waals surface area contributed by atoms with Crippen LogP contribution in [0.1, 0.15) is 43.2 Å². The average Bonchev–Trinajstić information content (AvgIpc) is 3.19. The third kappa shape index (κ3) is 3.80. The van der Waals surface area contributed by atoms with Crippen LogP contribution in [-0.4, -0.2) is 64.8 Å². The van der Waals surface area contributed by atoms with E-state index in [0.717, 1.165) is 49.1 Å². The zero-order chi connectivity index (χ0) is 19.8. The summed E-state index contributed by atoms with van der Waals surface area (Å²) in [6.45, 7) is 5.99. The second kappa shape index (κ2) is 8.07. The van der Waals surface area contributed by atoms with Crippen LogP contribution in [-0.2, 0) is 4.79 Å². The highest BCUT2D eigenvalue weighted by atomic mass is 32.2. The predicted molar refractivity (Wildman–Crippen MR) is 120 cm³/mol. The van der Waals surface area contributed by atoms with Crippen molar-refractivity contribution in [2.45, 2.75) is 50.3 Å². The van der Waals surface area contributed by atoms with Gasteiger partial charge in [-0.25, -0.2) is 4.99 Å². The highest BCUT2D eigenvalue weighted by molar-refractivity contribution is 8.05. The van der Waals surface area contributed by atoms with E-state index in [2.05, 4.69) is 51.4 Å². The topological polar surface area (TPSA) is 48.3 Å². The molecule has 0 bridgehead atoms. The van der Waals surface area contributed by atoms with Gasteiger partial charge in [0.1, 0.15) is 5.25 Å². The number of piperazine rings is 1. The lowest BCUT2D eigenvalue weighted by Gasteiger charge is -2.41. The largest absolute Gasteiger partial charge is 0.338 e. The third-order valence-electron chi connectivity index (χ3n) is 6.52. The van der Waals surface area contributed by atoms with Gasteiger partial charge in [0.2, 0.25) is 5.96 Å². The minimum absolute atomic E-state index is 0.0661. The quantitative estimate of drug-likeness (QED) is 0.748. The lowest BCUT2D eigenvalue weighted by Crippen LogP contribution is -2.53. The van der Waals surface area contributed by atoms with Gasteiger partial charge in [0.15, 0.2) is 0 Å². The maximum Gasteiger partial charge on any atom is 0.268 e. The summed E-state index contributed by atoms with van der Waals surface area (Å²) in [5, 5.41) is 1.80. The molecule has 3 aliphatic heterocycles. The van der Waals surface area contributed by atoms with Crippen molar-refractivity contribution < 1.29 is 4.79 Å². The van der Waals surface area contributed by atoms with Crippen molar-refractivity contribution in [3.05, 3.63) is 40.8 Å². The molecule has 1 aliphatic carbocycles. The number of rotatable bonds is 2. The van der Waals surface area contributed by atoms with Crippen LogP contribution in [0.15, 0.2) is 39.7 Å². The molecular formula is C23H28N4OS. The molecule has 0 spiro atoms. The predicted octanol–water partition coefficient (Wildman–Crippen LogP) is 3.74. The minimum Gasteiger partial charge on any atom is -0.338 e. The monoisotopic (exact) mass is 408 g/mol. The molecule has 1 amide bonds. The third-order valence-corrected chi connectivity index (χ3v) is 7.59. The van der Waals surface area contributed by atoms with Crippen LogP contribution in [0.4, 0.5) is 0 Å². The highest BCUT2D eigenvalue weighted by Crippen LogP contribution is 2.37. The number of aryl methyl sites for hydroxylation is 1. The summed E-state index contributed by atoms with van der Waals surface area (Å²) >= 11 is 1.53. The van der Waals surface area contributed by atoms with Gasteiger partial charge in [-0.05, 0) is 30.7 Å². The summed E-state index contributed by atoms with van der Waals surface area (Å²) in [4.78, 5) is 26.9. The summed E-state index contributed by atoms with van der Waals surface area (Å²) in [5.74, 6) is 0.550. The van der Waals surface area contributed by atoms with Crippen LogP contribution in [0.3, 0.4) is 0 Å². The Morgan fingerprint density at radius 1 is 1.03 bits per heavy atom. The number of benzene rings is 1. The molecule has 0 N–H and O–H groups in total. The Labute approximate surface area is 177 Å². The Bertz CT molecular complexity index is 892. The van der Waals surface area contributed by atoms with Crippen LogP contribution in [0.25, 0.3) is 5.57 Å². The summed E-state index contributed by atoms with van der Waals surface area (Å²) in [6, 6.07) is 9.17. The molecule has 0 aromatic heterocycles. The SMILES string of the molecule is Cc1cccc(C2=CSC3C(=O)N=C(N4CCN(C5CCCCC5)CC4)N=C23)c1. The zero-order valence-corrected chi connectivity index (χ0v) is 17.8. The Hall–Kier alpha value is -1.92. The molecule has 1 saturated carbocycles. The maximum atomic E-state index is 12.7. The molecule has 4 aliphatic rings. The number of guanidine groups is 1. The lowest BCUT2D eigenvalue weighted by atomic mass is 9.94. The van der Waals surface area contributed by atoms with Gasteiger partial charge < -0.3 is 4.90 Å². The molecule has 5 nitrogen and oxygen atoms in total. The maximum absolute atomic E-state index is 12.7. The molecule has 2 fully saturated rings. The number of thioether (sulfide) groups is 1. The number of carbonyl (C=O) groups excluding carboxylic acids is 1. The van der Waals surface area contributed by atoms with Crippen LogP contribution in [0.5, 0.6) is 0 Å². The second-order valence-electron chi connectivity index (χ2n) is 8.48. The van der Waals surface area contributed by atoms with E-state index >= 15 is 0 Å². The van der Waals surface area contributed by atoms with E-state index in [0.29, 0.717) is 5.96 Å². The lowest BCUT2D eigenvalue weighted by molar-refractivity contribution is -0.116. The number of hydrogen-bond acceptors (Lipinski definition) is 5. The van der Waals surface area contributed by atoms with Gasteiger partial charge in [-0.1, -0.05) is 49.1 Å². The van der Waals surface area contributed by atoms with Crippen molar-refractivity contribution in [2.75, 3.05) is 26.2 Å². The van der Waals surface area contributed by atoms with E-state index in [1.807, 2.05) is 0 Å². The van der Waals surface area contributed by atoms with Crippen LogP contribution in [0.2, 0.25) is 0 Å². The number of amides is 1. The molecule has 3 heterocycles. The van der Waals surface area contributed by atoms with E-state index < -0.39 is 0 Å². The van der Waals surface area contributed by atoms with Crippen molar-refractivity contribution in [1.29, 1.82) is 0 Å². The Morgan fingerprint density at radius 2 is 1.83 bits per heavy atom. The average molecular weight is 409 g/mol. The number of allylic oxidation sites excluding steroid dienone is 1. The highest BCUT2D eigenvalue weighted by Gasteiger charge is 2.37. The summed E-state index contributed by atoms with van der Waals surface area (Å²) < 4.78 is 0. The number of nitrogens with zero attached hydrogens (tertiary/aromatic N) is 4. The first-order valence-corrected chi connectivity index (χ1v) is 11.8. The standard InChI is InChI=1S/C23H28N4OS/c1-16-6-5-7-17(14-16)19-15-29-21-20(19)24-23(25-22(21)28)27-12-10-26(11-13-27)18-8-3-2-4-9-18/h5-7,14-15,18,21H,2-4,8-13H2,1H3. The summed E-state index contributed by atoms with van der Waals surface area (Å²) in [5.41, 5.74) is 4.30. The molecule has 6 heteroatoms. The van der Waals surface area contributed by atoms with E-state index in [-0.39, 0.29) is 11.2 Å². The Morgan fingerprint density at radius 3 is 2.59 bits per heavy atom. The molecule has 152 valence electrons. The number of hydrogen-bond donors (Lipinski definition) is 0. The second-order valence-corrected chi connectivity index (χ2v) is 9.46. The van der Waals surface area contributed by atoms with Crippen molar-refractivity contribution >= 4 is 34.9 Å². The molecule has 1 saturated heterocycles. The van der Waals surface area contributed by atoms with Crippen LogP contribution < -0.4 is 0 Å². The Kier molecular flexibility index (Phi) is 5.31. The normalized spacial score (nSPS) is 26.1. The first kappa shape index (κ1) is 19.1. The van der Waals surface area contributed by atoms with Gasteiger partial charge in [0, 0.05) is 37.8 Å². The van der Waals surface area contributed by atoms with E-state index in [4.69, 9.17) is 4.99 Å². The molecule has 1 aromatic rings. The van der Waals surface area contributed by atoms with Crippen molar-refractivity contribution in [3.8, 4) is 0 Å². The molecule has 1 unspecified atom stereocenters. The van der Waals surface area contributed by atoms with Crippen molar-refractivity contribution in [2.24, 2.45) is 9.98 Å². The Balaban J connectivity index is 1.32. The molecular weight excluding hydrogens is 380 g/mol. The van der Waals surface area contributed by atoms with E-state index in [1.165, 1.54) is 49.4 Å². The fourth-order valence-corrected chi connectivity index (χ4v) is 5.90. The minimum atomic E-state index is -0.280. The molecule has 1 aromatic carbocycles. The van der Waals surface area contributed by atoms with Crippen LogP contribution >= 0.6 is 11.8 Å². The zero-order valence-electron chi connectivity index (χ0n) is 17.0. The summed E-state index contributed by atoms with van der Waals surface area (Å²) in [7, 11) is 0. The molecule has 5 rings (SSSR count). The van der Waals surface area contributed by atoms with Gasteiger partial charge in [0.05, 0.1) is 5.71 Å². The fraction of sp³-hybridized carbons (Fsp3) is 0.522.